The molecule has 1 aromatic heterocycles. The van der Waals surface area contributed by atoms with E-state index in [0.717, 1.165) is 0 Å². The fourth-order valence-electron chi connectivity index (χ4n) is 0.974. The molecule has 0 fully saturated rings. The first-order chi connectivity index (χ1) is 5.02. The zero-order chi connectivity index (χ0) is 8.48. The van der Waals surface area contributed by atoms with Crippen LogP contribution >= 0.6 is 0 Å². The van der Waals surface area contributed by atoms with Crippen molar-refractivity contribution in [2.75, 3.05) is 0 Å². The zero-order valence-corrected chi connectivity index (χ0v) is 7.68. The standard InChI is InChI=1S/C9H16N2/c1-7(9(2,3)4)8-5-6-10-11-8/h5-7H,1-4H3,(H,10,11). The summed E-state index contributed by atoms with van der Waals surface area (Å²) in [5.41, 5.74) is 1.53. The van der Waals surface area contributed by atoms with Gasteiger partial charge in [-0.2, -0.15) is 5.10 Å². The van der Waals surface area contributed by atoms with E-state index in [1.54, 1.807) is 6.20 Å². The normalized spacial score (nSPS) is 14.9. The number of hydrogen-bond acceptors (Lipinski definition) is 1. The molecule has 1 atom stereocenters. The van der Waals surface area contributed by atoms with Crippen LogP contribution in [0.4, 0.5) is 0 Å². The number of aromatic nitrogens is 2. The van der Waals surface area contributed by atoms with Crippen molar-refractivity contribution in [3.8, 4) is 0 Å². The SMILES string of the molecule is CC(c1ccn[nH]1)C(C)(C)C. The molecule has 0 aliphatic carbocycles. The van der Waals surface area contributed by atoms with Gasteiger partial charge >= 0.3 is 0 Å². The molecule has 0 saturated carbocycles. The van der Waals surface area contributed by atoms with Crippen LogP contribution in [0.1, 0.15) is 39.3 Å². The summed E-state index contributed by atoms with van der Waals surface area (Å²) < 4.78 is 0. The Balaban J connectivity index is 2.78. The third kappa shape index (κ3) is 1.82. The van der Waals surface area contributed by atoms with E-state index in [0.29, 0.717) is 11.3 Å². The summed E-state index contributed by atoms with van der Waals surface area (Å²) in [5, 5.41) is 6.93. The van der Waals surface area contributed by atoms with Gasteiger partial charge < -0.3 is 0 Å². The highest BCUT2D eigenvalue weighted by atomic mass is 15.1. The number of nitrogens with zero attached hydrogens (tertiary/aromatic N) is 1. The Labute approximate surface area is 68.0 Å². The summed E-state index contributed by atoms with van der Waals surface area (Å²) in [6.07, 6.45) is 1.80. The summed E-state index contributed by atoms with van der Waals surface area (Å²) >= 11 is 0. The van der Waals surface area contributed by atoms with Crippen molar-refractivity contribution >= 4 is 0 Å². The maximum absolute atomic E-state index is 3.93. The number of rotatable bonds is 1. The minimum atomic E-state index is 0.312. The highest BCUT2D eigenvalue weighted by molar-refractivity contribution is 5.07. The van der Waals surface area contributed by atoms with Crippen LogP contribution in [0.2, 0.25) is 0 Å². The smallest absolute Gasteiger partial charge is 0.0490 e. The molecule has 0 radical (unpaired) electrons. The Morgan fingerprint density at radius 1 is 1.45 bits per heavy atom. The van der Waals surface area contributed by atoms with Crippen LogP contribution < -0.4 is 0 Å². The van der Waals surface area contributed by atoms with Crippen LogP contribution in [0.15, 0.2) is 12.3 Å². The molecule has 0 saturated heterocycles. The van der Waals surface area contributed by atoms with Crippen molar-refractivity contribution in [1.29, 1.82) is 0 Å². The first-order valence-electron chi connectivity index (χ1n) is 4.01. The lowest BCUT2D eigenvalue weighted by Crippen LogP contribution is -2.15. The zero-order valence-electron chi connectivity index (χ0n) is 7.68. The number of H-pyrrole nitrogens is 1. The van der Waals surface area contributed by atoms with E-state index < -0.39 is 0 Å². The Morgan fingerprint density at radius 3 is 2.45 bits per heavy atom. The molecule has 0 aliphatic heterocycles. The van der Waals surface area contributed by atoms with Gasteiger partial charge in [0.25, 0.3) is 0 Å². The highest BCUT2D eigenvalue weighted by Gasteiger charge is 2.22. The second-order valence-corrected chi connectivity index (χ2v) is 4.10. The summed E-state index contributed by atoms with van der Waals surface area (Å²) in [6.45, 7) is 8.92. The molecule has 0 aliphatic rings. The van der Waals surface area contributed by atoms with Gasteiger partial charge in [0.2, 0.25) is 0 Å². The summed E-state index contributed by atoms with van der Waals surface area (Å²) in [5.74, 6) is 0.532. The molecule has 0 bridgehead atoms. The molecule has 0 aromatic carbocycles. The van der Waals surface area contributed by atoms with Crippen LogP contribution in [0.5, 0.6) is 0 Å². The van der Waals surface area contributed by atoms with Crippen molar-refractivity contribution in [3.05, 3.63) is 18.0 Å². The molecular weight excluding hydrogens is 136 g/mol. The average Bonchev–Trinajstić information content (AvgIpc) is 2.34. The van der Waals surface area contributed by atoms with Gasteiger partial charge in [-0.05, 0) is 11.5 Å². The van der Waals surface area contributed by atoms with E-state index >= 15 is 0 Å². The molecule has 62 valence electrons. The predicted molar refractivity (Wildman–Crippen MR) is 46.5 cm³/mol. The van der Waals surface area contributed by atoms with Gasteiger partial charge in [0.15, 0.2) is 0 Å². The minimum Gasteiger partial charge on any atom is -0.282 e. The lowest BCUT2D eigenvalue weighted by atomic mass is 9.80. The number of hydrogen-bond donors (Lipinski definition) is 1. The first-order valence-corrected chi connectivity index (χ1v) is 4.01. The predicted octanol–water partition coefficient (Wildman–Crippen LogP) is 2.56. The third-order valence-electron chi connectivity index (χ3n) is 2.29. The molecule has 11 heavy (non-hydrogen) atoms. The average molecular weight is 152 g/mol. The van der Waals surface area contributed by atoms with E-state index in [2.05, 4.69) is 37.9 Å². The summed E-state index contributed by atoms with van der Waals surface area (Å²) in [7, 11) is 0. The first kappa shape index (κ1) is 8.31. The van der Waals surface area contributed by atoms with E-state index in [-0.39, 0.29) is 0 Å². The van der Waals surface area contributed by atoms with Crippen molar-refractivity contribution in [3.63, 3.8) is 0 Å². The maximum Gasteiger partial charge on any atom is 0.0490 e. The Hall–Kier alpha value is -0.790. The van der Waals surface area contributed by atoms with Crippen molar-refractivity contribution in [2.24, 2.45) is 5.41 Å². The van der Waals surface area contributed by atoms with E-state index in [4.69, 9.17) is 0 Å². The molecule has 2 heteroatoms. The maximum atomic E-state index is 3.93. The van der Waals surface area contributed by atoms with Gasteiger partial charge in [0, 0.05) is 17.8 Å². The Bertz CT molecular complexity index is 206. The minimum absolute atomic E-state index is 0.312. The molecule has 1 rings (SSSR count). The fourth-order valence-corrected chi connectivity index (χ4v) is 0.974. The van der Waals surface area contributed by atoms with Crippen LogP contribution in [-0.2, 0) is 0 Å². The third-order valence-corrected chi connectivity index (χ3v) is 2.29. The molecule has 1 unspecified atom stereocenters. The van der Waals surface area contributed by atoms with Crippen LogP contribution in [0, 0.1) is 5.41 Å². The topological polar surface area (TPSA) is 28.7 Å². The van der Waals surface area contributed by atoms with Crippen molar-refractivity contribution < 1.29 is 0 Å². The van der Waals surface area contributed by atoms with E-state index in [1.807, 2.05) is 6.07 Å². The number of aromatic amines is 1. The Morgan fingerprint density at radius 2 is 2.09 bits per heavy atom. The van der Waals surface area contributed by atoms with Gasteiger partial charge in [-0.1, -0.05) is 27.7 Å². The highest BCUT2D eigenvalue weighted by Crippen LogP contribution is 2.32. The second kappa shape index (κ2) is 2.68. The van der Waals surface area contributed by atoms with Crippen LogP contribution in [-0.4, -0.2) is 10.2 Å². The fraction of sp³-hybridized carbons (Fsp3) is 0.667. The van der Waals surface area contributed by atoms with Gasteiger partial charge in [-0.15, -0.1) is 0 Å². The van der Waals surface area contributed by atoms with Gasteiger partial charge in [-0.25, -0.2) is 0 Å². The largest absolute Gasteiger partial charge is 0.282 e. The van der Waals surface area contributed by atoms with Crippen LogP contribution in [0.25, 0.3) is 0 Å². The molecule has 1 N–H and O–H groups in total. The molecule has 2 nitrogen and oxygen atoms in total. The quantitative estimate of drug-likeness (QED) is 0.658. The van der Waals surface area contributed by atoms with Crippen LogP contribution in [0.3, 0.4) is 0 Å². The van der Waals surface area contributed by atoms with Crippen molar-refractivity contribution in [1.82, 2.24) is 10.2 Å². The Kier molecular flexibility index (Phi) is 2.03. The van der Waals surface area contributed by atoms with E-state index in [1.165, 1.54) is 5.69 Å². The second-order valence-electron chi connectivity index (χ2n) is 4.10. The van der Waals surface area contributed by atoms with Crippen molar-refractivity contribution in [2.45, 2.75) is 33.6 Å². The lowest BCUT2D eigenvalue weighted by Gasteiger charge is -2.25. The number of nitrogens with one attached hydrogen (secondary N) is 1. The molecule has 1 heterocycles. The molecule has 0 spiro atoms. The molecular formula is C9H16N2. The van der Waals surface area contributed by atoms with E-state index in [9.17, 15) is 0 Å². The summed E-state index contributed by atoms with van der Waals surface area (Å²) in [6, 6.07) is 2.04. The molecule has 1 aromatic rings. The lowest BCUT2D eigenvalue weighted by molar-refractivity contribution is 0.334. The molecule has 0 amide bonds. The van der Waals surface area contributed by atoms with Gasteiger partial charge in [0.1, 0.15) is 0 Å². The monoisotopic (exact) mass is 152 g/mol. The summed E-state index contributed by atoms with van der Waals surface area (Å²) in [4.78, 5) is 0. The van der Waals surface area contributed by atoms with Gasteiger partial charge in [-0.3, -0.25) is 5.10 Å². The van der Waals surface area contributed by atoms with Gasteiger partial charge in [0.05, 0.1) is 0 Å².